The molecule has 0 aliphatic heterocycles. The van der Waals surface area contributed by atoms with Crippen LogP contribution in [-0.2, 0) is 0 Å². The van der Waals surface area contributed by atoms with E-state index >= 15 is 0 Å². The summed E-state index contributed by atoms with van der Waals surface area (Å²) in [6.45, 7) is 0. The van der Waals surface area contributed by atoms with Gasteiger partial charge in [-0.2, -0.15) is 12.6 Å². The van der Waals surface area contributed by atoms with E-state index in [2.05, 4.69) is 17.6 Å². The van der Waals surface area contributed by atoms with Crippen LogP contribution in [0.5, 0.6) is 0 Å². The standard InChI is InChI=1S/C9H14N2O2S/c10-7-5-11-3-1-6(7)9(13)8(12)2-4-14/h1,3,5,8-9,12-14H,2,4,10H2. The fraction of sp³-hybridized carbons (Fsp3) is 0.444. The van der Waals surface area contributed by atoms with Gasteiger partial charge >= 0.3 is 0 Å². The topological polar surface area (TPSA) is 79.4 Å². The van der Waals surface area contributed by atoms with Crippen LogP contribution in [0.3, 0.4) is 0 Å². The van der Waals surface area contributed by atoms with Gasteiger partial charge in [0.2, 0.25) is 0 Å². The van der Waals surface area contributed by atoms with Crippen LogP contribution in [0.1, 0.15) is 18.1 Å². The van der Waals surface area contributed by atoms with E-state index in [0.717, 1.165) is 0 Å². The molecule has 0 amide bonds. The lowest BCUT2D eigenvalue weighted by molar-refractivity contribution is 0.0176. The van der Waals surface area contributed by atoms with Gasteiger partial charge in [-0.3, -0.25) is 4.98 Å². The molecule has 0 fully saturated rings. The van der Waals surface area contributed by atoms with Gasteiger partial charge in [0.25, 0.3) is 0 Å². The molecular formula is C9H14N2O2S. The zero-order valence-electron chi connectivity index (χ0n) is 7.67. The molecule has 4 N–H and O–H groups in total. The minimum Gasteiger partial charge on any atom is -0.397 e. The number of aliphatic hydroxyl groups excluding tert-OH is 2. The summed E-state index contributed by atoms with van der Waals surface area (Å²) in [5, 5.41) is 19.2. The summed E-state index contributed by atoms with van der Waals surface area (Å²) in [7, 11) is 0. The van der Waals surface area contributed by atoms with Crippen molar-refractivity contribution in [3.05, 3.63) is 24.0 Å². The first-order chi connectivity index (χ1) is 6.66. The van der Waals surface area contributed by atoms with E-state index in [4.69, 9.17) is 5.73 Å². The largest absolute Gasteiger partial charge is 0.397 e. The van der Waals surface area contributed by atoms with Crippen molar-refractivity contribution in [3.63, 3.8) is 0 Å². The third-order valence-corrected chi connectivity index (χ3v) is 2.25. The number of hydrogen-bond donors (Lipinski definition) is 4. The van der Waals surface area contributed by atoms with Crippen LogP contribution in [0.4, 0.5) is 5.69 Å². The van der Waals surface area contributed by atoms with Gasteiger partial charge in [-0.15, -0.1) is 0 Å². The van der Waals surface area contributed by atoms with E-state index in [1.54, 1.807) is 6.07 Å². The summed E-state index contributed by atoms with van der Waals surface area (Å²) >= 11 is 3.98. The number of nitrogens with two attached hydrogens (primary N) is 1. The second-order valence-corrected chi connectivity index (χ2v) is 3.48. The fourth-order valence-corrected chi connectivity index (χ4v) is 1.45. The Hall–Kier alpha value is -0.780. The van der Waals surface area contributed by atoms with Gasteiger partial charge in [-0.1, -0.05) is 0 Å². The van der Waals surface area contributed by atoms with Crippen molar-refractivity contribution >= 4 is 18.3 Å². The second-order valence-electron chi connectivity index (χ2n) is 3.03. The molecule has 4 nitrogen and oxygen atoms in total. The summed E-state index contributed by atoms with van der Waals surface area (Å²) in [5.41, 5.74) is 6.50. The van der Waals surface area contributed by atoms with Crippen molar-refractivity contribution in [2.45, 2.75) is 18.6 Å². The number of aliphatic hydroxyl groups is 2. The minimum absolute atomic E-state index is 0.387. The maximum absolute atomic E-state index is 9.71. The normalized spacial score (nSPS) is 15.1. The van der Waals surface area contributed by atoms with Crippen molar-refractivity contribution < 1.29 is 10.2 Å². The molecule has 1 aromatic heterocycles. The first-order valence-corrected chi connectivity index (χ1v) is 4.96. The molecule has 0 aliphatic carbocycles. The first kappa shape index (κ1) is 11.3. The molecule has 0 bridgehead atoms. The van der Waals surface area contributed by atoms with Crippen LogP contribution in [-0.4, -0.2) is 27.1 Å². The Bertz CT molecular complexity index is 296. The smallest absolute Gasteiger partial charge is 0.107 e. The molecule has 0 aliphatic rings. The van der Waals surface area contributed by atoms with E-state index in [1.165, 1.54) is 12.4 Å². The first-order valence-electron chi connectivity index (χ1n) is 4.33. The highest BCUT2D eigenvalue weighted by molar-refractivity contribution is 7.80. The number of hydrogen-bond acceptors (Lipinski definition) is 5. The summed E-state index contributed by atoms with van der Waals surface area (Å²) < 4.78 is 0. The fourth-order valence-electron chi connectivity index (χ4n) is 1.18. The third-order valence-electron chi connectivity index (χ3n) is 2.00. The Kier molecular flexibility index (Phi) is 4.19. The van der Waals surface area contributed by atoms with Crippen molar-refractivity contribution in [3.8, 4) is 0 Å². The number of thiol groups is 1. The van der Waals surface area contributed by atoms with Gasteiger partial charge in [-0.05, 0) is 18.2 Å². The average molecular weight is 214 g/mol. The molecule has 5 heteroatoms. The van der Waals surface area contributed by atoms with E-state index in [-0.39, 0.29) is 0 Å². The SMILES string of the molecule is Nc1cnccc1C(O)C(O)CCS. The average Bonchev–Trinajstić information content (AvgIpc) is 2.18. The molecule has 1 heterocycles. The number of anilines is 1. The predicted molar refractivity (Wildman–Crippen MR) is 58.1 cm³/mol. The Morgan fingerprint density at radius 1 is 1.50 bits per heavy atom. The number of rotatable bonds is 4. The Morgan fingerprint density at radius 3 is 2.79 bits per heavy atom. The Labute approximate surface area is 88.2 Å². The number of nitrogen functional groups attached to an aromatic ring is 1. The van der Waals surface area contributed by atoms with E-state index < -0.39 is 12.2 Å². The number of pyridine rings is 1. The highest BCUT2D eigenvalue weighted by Crippen LogP contribution is 2.23. The van der Waals surface area contributed by atoms with Crippen LogP contribution in [0.2, 0.25) is 0 Å². The molecule has 0 aromatic carbocycles. The molecule has 0 saturated heterocycles. The van der Waals surface area contributed by atoms with Gasteiger partial charge in [0.05, 0.1) is 18.0 Å². The van der Waals surface area contributed by atoms with Crippen molar-refractivity contribution in [1.29, 1.82) is 0 Å². The van der Waals surface area contributed by atoms with Crippen LogP contribution >= 0.6 is 12.6 Å². The van der Waals surface area contributed by atoms with Crippen LogP contribution in [0.15, 0.2) is 18.5 Å². The molecular weight excluding hydrogens is 200 g/mol. The summed E-state index contributed by atoms with van der Waals surface area (Å²) in [5.74, 6) is 0.517. The van der Waals surface area contributed by atoms with Gasteiger partial charge < -0.3 is 15.9 Å². The van der Waals surface area contributed by atoms with Crippen LogP contribution in [0, 0.1) is 0 Å². The third kappa shape index (κ3) is 2.60. The monoisotopic (exact) mass is 214 g/mol. The quantitative estimate of drug-likeness (QED) is 0.546. The van der Waals surface area contributed by atoms with Crippen molar-refractivity contribution in [2.24, 2.45) is 0 Å². The predicted octanol–water partition coefficient (Wildman–Crippen LogP) is 0.378. The zero-order chi connectivity index (χ0) is 10.6. The summed E-state index contributed by atoms with van der Waals surface area (Å²) in [6.07, 6.45) is 1.60. The van der Waals surface area contributed by atoms with E-state index in [0.29, 0.717) is 23.4 Å². The molecule has 1 rings (SSSR count). The highest BCUT2D eigenvalue weighted by Gasteiger charge is 2.19. The van der Waals surface area contributed by atoms with E-state index in [9.17, 15) is 10.2 Å². The van der Waals surface area contributed by atoms with Gasteiger partial charge in [0.15, 0.2) is 0 Å². The molecule has 1 aromatic rings. The lowest BCUT2D eigenvalue weighted by atomic mass is 10.0. The molecule has 14 heavy (non-hydrogen) atoms. The zero-order valence-corrected chi connectivity index (χ0v) is 8.56. The van der Waals surface area contributed by atoms with E-state index in [1.807, 2.05) is 0 Å². The lowest BCUT2D eigenvalue weighted by Crippen LogP contribution is -2.19. The van der Waals surface area contributed by atoms with Crippen LogP contribution < -0.4 is 5.73 Å². The highest BCUT2D eigenvalue weighted by atomic mass is 32.1. The molecule has 78 valence electrons. The van der Waals surface area contributed by atoms with Crippen LogP contribution in [0.25, 0.3) is 0 Å². The number of aromatic nitrogens is 1. The molecule has 0 saturated carbocycles. The minimum atomic E-state index is -0.967. The number of nitrogens with zero attached hydrogens (tertiary/aromatic N) is 1. The molecule has 0 spiro atoms. The molecule has 0 radical (unpaired) electrons. The molecule has 2 unspecified atom stereocenters. The van der Waals surface area contributed by atoms with Gasteiger partial charge in [0.1, 0.15) is 6.10 Å². The van der Waals surface area contributed by atoms with Crippen molar-refractivity contribution in [1.82, 2.24) is 4.98 Å². The van der Waals surface area contributed by atoms with Gasteiger partial charge in [0, 0.05) is 11.8 Å². The van der Waals surface area contributed by atoms with Crippen molar-refractivity contribution in [2.75, 3.05) is 11.5 Å². The van der Waals surface area contributed by atoms with Gasteiger partial charge in [-0.25, -0.2) is 0 Å². The Morgan fingerprint density at radius 2 is 2.21 bits per heavy atom. The molecule has 2 atom stereocenters. The maximum Gasteiger partial charge on any atom is 0.107 e. The summed E-state index contributed by atoms with van der Waals surface area (Å²) in [4.78, 5) is 3.80. The maximum atomic E-state index is 9.71. The second kappa shape index (κ2) is 5.19. The summed E-state index contributed by atoms with van der Waals surface area (Å²) in [6, 6.07) is 1.60. The Balaban J connectivity index is 2.78. The lowest BCUT2D eigenvalue weighted by Gasteiger charge is -2.18.